The lowest BCUT2D eigenvalue weighted by atomic mass is 10.2. The normalized spacial score (nSPS) is 10.9. The molecule has 0 saturated heterocycles. The van der Waals surface area contributed by atoms with Gasteiger partial charge in [-0.05, 0) is 18.2 Å². The van der Waals surface area contributed by atoms with Gasteiger partial charge in [0.05, 0.1) is 7.11 Å². The second-order valence-electron chi connectivity index (χ2n) is 4.62. The number of hydrogen-bond donors (Lipinski definition) is 1. The first-order chi connectivity index (χ1) is 11.1. The monoisotopic (exact) mass is 334 g/mol. The molecule has 0 fully saturated rings. The largest absolute Gasteiger partial charge is 0.493 e. The third kappa shape index (κ3) is 2.95. The lowest BCUT2D eigenvalue weighted by molar-refractivity contribution is -0.139. The van der Waals surface area contributed by atoms with Crippen LogP contribution in [0.5, 0.6) is 11.5 Å². The highest BCUT2D eigenvalue weighted by atomic mass is 32.1. The first-order valence-electron chi connectivity index (χ1n) is 6.86. The topological polar surface area (TPSA) is 98.8 Å². The maximum Gasteiger partial charge on any atom is 0.341 e. The molecule has 3 rings (SSSR count). The summed E-state index contributed by atoms with van der Waals surface area (Å²) in [6.07, 6.45) is 0.746. The molecule has 0 aliphatic heterocycles. The minimum atomic E-state index is -1.04. The first-order valence-corrected chi connectivity index (χ1v) is 7.68. The first kappa shape index (κ1) is 15.2. The molecule has 0 atom stereocenters. The Morgan fingerprint density at radius 1 is 1.35 bits per heavy atom. The van der Waals surface area contributed by atoms with Gasteiger partial charge >= 0.3 is 5.97 Å². The van der Waals surface area contributed by atoms with Gasteiger partial charge in [0.15, 0.2) is 23.9 Å². The molecular formula is C14H14N4O4S. The predicted molar refractivity (Wildman–Crippen MR) is 83.2 cm³/mol. The van der Waals surface area contributed by atoms with E-state index in [9.17, 15) is 4.79 Å². The van der Waals surface area contributed by atoms with Crippen LogP contribution in [0.2, 0.25) is 0 Å². The quantitative estimate of drug-likeness (QED) is 0.735. The van der Waals surface area contributed by atoms with Gasteiger partial charge in [0.25, 0.3) is 0 Å². The van der Waals surface area contributed by atoms with Crippen molar-refractivity contribution < 1.29 is 19.4 Å². The molecule has 2 heterocycles. The molecule has 9 heteroatoms. The van der Waals surface area contributed by atoms with Crippen LogP contribution in [0.1, 0.15) is 12.7 Å². The summed E-state index contributed by atoms with van der Waals surface area (Å²) in [5, 5.41) is 22.1. The van der Waals surface area contributed by atoms with Crippen LogP contribution in [-0.4, -0.2) is 44.6 Å². The van der Waals surface area contributed by atoms with Gasteiger partial charge in [-0.3, -0.25) is 0 Å². The summed E-state index contributed by atoms with van der Waals surface area (Å²) in [7, 11) is 1.50. The Bertz CT molecular complexity index is 858. The van der Waals surface area contributed by atoms with Crippen LogP contribution in [-0.2, 0) is 11.2 Å². The Balaban J connectivity index is 1.94. The van der Waals surface area contributed by atoms with E-state index in [0.29, 0.717) is 11.5 Å². The summed E-state index contributed by atoms with van der Waals surface area (Å²) in [5.74, 6) is 0.578. The third-order valence-electron chi connectivity index (χ3n) is 3.13. The summed E-state index contributed by atoms with van der Waals surface area (Å²) < 4.78 is 12.2. The number of nitrogens with zero attached hydrogens (tertiary/aromatic N) is 4. The molecule has 0 aliphatic rings. The van der Waals surface area contributed by atoms with Crippen molar-refractivity contribution in [2.24, 2.45) is 0 Å². The molecule has 0 spiro atoms. The average molecular weight is 334 g/mol. The zero-order valence-electron chi connectivity index (χ0n) is 12.5. The Labute approximate surface area is 135 Å². The van der Waals surface area contributed by atoms with Crippen LogP contribution in [0.15, 0.2) is 18.2 Å². The number of benzene rings is 1. The van der Waals surface area contributed by atoms with Crippen LogP contribution >= 0.6 is 11.3 Å². The number of carbonyl (C=O) groups is 1. The number of methoxy groups -OCH3 is 1. The van der Waals surface area contributed by atoms with Crippen molar-refractivity contribution in [3.8, 4) is 22.1 Å². The number of aliphatic carboxylic acids is 1. The van der Waals surface area contributed by atoms with Gasteiger partial charge < -0.3 is 14.6 Å². The Hall–Kier alpha value is -2.68. The number of aromatic nitrogens is 4. The second-order valence-corrected chi connectivity index (χ2v) is 5.58. The Kier molecular flexibility index (Phi) is 4.11. The molecule has 0 saturated carbocycles. The summed E-state index contributed by atoms with van der Waals surface area (Å²) in [6, 6.07) is 5.23. The summed E-state index contributed by atoms with van der Waals surface area (Å²) in [6.45, 7) is 1.57. The van der Waals surface area contributed by atoms with E-state index in [2.05, 4.69) is 15.3 Å². The maximum atomic E-state index is 10.6. The molecule has 0 unspecified atom stereocenters. The standard InChI is InChI=1S/C14H14N4O4S/c1-3-11-15-16-14-18(11)17-13(23-14)8-4-5-9(10(6-8)21-2)22-7-12(19)20/h4-6H,3,7H2,1-2H3,(H,19,20). The highest BCUT2D eigenvalue weighted by Crippen LogP contribution is 2.34. The van der Waals surface area contributed by atoms with E-state index in [1.165, 1.54) is 18.4 Å². The van der Waals surface area contributed by atoms with E-state index in [1.807, 2.05) is 6.92 Å². The molecular weight excluding hydrogens is 320 g/mol. The number of carboxylic acids is 1. The van der Waals surface area contributed by atoms with Crippen molar-refractivity contribution in [2.45, 2.75) is 13.3 Å². The van der Waals surface area contributed by atoms with Gasteiger partial charge in [0.1, 0.15) is 5.01 Å². The SMILES string of the molecule is CCc1nnc2sc(-c3ccc(OCC(=O)O)c(OC)c3)nn12. The van der Waals surface area contributed by atoms with Crippen molar-refractivity contribution in [2.75, 3.05) is 13.7 Å². The smallest absolute Gasteiger partial charge is 0.341 e. The third-order valence-corrected chi connectivity index (χ3v) is 4.08. The van der Waals surface area contributed by atoms with Gasteiger partial charge in [-0.15, -0.1) is 10.2 Å². The fraction of sp³-hybridized carbons (Fsp3) is 0.286. The molecule has 0 aliphatic carbocycles. The summed E-state index contributed by atoms with van der Waals surface area (Å²) in [4.78, 5) is 11.3. The average Bonchev–Trinajstić information content (AvgIpc) is 3.12. The lowest BCUT2D eigenvalue weighted by Gasteiger charge is -2.09. The molecule has 0 bridgehead atoms. The van der Waals surface area contributed by atoms with E-state index in [1.54, 1.807) is 22.7 Å². The van der Waals surface area contributed by atoms with Gasteiger partial charge in [0.2, 0.25) is 4.96 Å². The van der Waals surface area contributed by atoms with Crippen molar-refractivity contribution in [1.29, 1.82) is 0 Å². The van der Waals surface area contributed by atoms with E-state index in [0.717, 1.165) is 27.8 Å². The number of hydrogen-bond acceptors (Lipinski definition) is 7. The van der Waals surface area contributed by atoms with Crippen LogP contribution in [0.3, 0.4) is 0 Å². The Morgan fingerprint density at radius 3 is 2.87 bits per heavy atom. The van der Waals surface area contributed by atoms with Gasteiger partial charge in [-0.1, -0.05) is 18.3 Å². The molecule has 120 valence electrons. The maximum absolute atomic E-state index is 10.6. The van der Waals surface area contributed by atoms with Gasteiger partial charge in [0, 0.05) is 12.0 Å². The fourth-order valence-corrected chi connectivity index (χ4v) is 2.91. The van der Waals surface area contributed by atoms with E-state index < -0.39 is 12.6 Å². The van der Waals surface area contributed by atoms with E-state index in [-0.39, 0.29) is 0 Å². The molecule has 0 radical (unpaired) electrons. The van der Waals surface area contributed by atoms with Crippen molar-refractivity contribution in [3.05, 3.63) is 24.0 Å². The van der Waals surface area contributed by atoms with Crippen LogP contribution < -0.4 is 9.47 Å². The van der Waals surface area contributed by atoms with Crippen LogP contribution in [0, 0.1) is 0 Å². The van der Waals surface area contributed by atoms with Crippen molar-refractivity contribution in [3.63, 3.8) is 0 Å². The molecule has 0 amide bonds. The van der Waals surface area contributed by atoms with E-state index in [4.69, 9.17) is 14.6 Å². The van der Waals surface area contributed by atoms with Gasteiger partial charge in [-0.25, -0.2) is 4.79 Å². The molecule has 1 N–H and O–H groups in total. The minimum absolute atomic E-state index is 0.371. The number of fused-ring (bicyclic) bond motifs is 1. The Morgan fingerprint density at radius 2 is 2.17 bits per heavy atom. The lowest BCUT2D eigenvalue weighted by Crippen LogP contribution is -2.10. The molecule has 8 nitrogen and oxygen atoms in total. The highest BCUT2D eigenvalue weighted by Gasteiger charge is 2.14. The highest BCUT2D eigenvalue weighted by molar-refractivity contribution is 7.19. The molecule has 3 aromatic rings. The second kappa shape index (κ2) is 6.21. The van der Waals surface area contributed by atoms with E-state index >= 15 is 0 Å². The molecule has 2 aromatic heterocycles. The van der Waals surface area contributed by atoms with Crippen molar-refractivity contribution >= 4 is 22.3 Å². The summed E-state index contributed by atoms with van der Waals surface area (Å²) in [5.41, 5.74) is 0.835. The molecule has 1 aromatic carbocycles. The number of carboxylic acid groups (broad SMARTS) is 1. The summed E-state index contributed by atoms with van der Waals surface area (Å²) >= 11 is 1.42. The zero-order chi connectivity index (χ0) is 16.4. The number of rotatable bonds is 6. The van der Waals surface area contributed by atoms with Crippen molar-refractivity contribution in [1.82, 2.24) is 19.8 Å². The fourth-order valence-electron chi connectivity index (χ4n) is 2.05. The zero-order valence-corrected chi connectivity index (χ0v) is 13.3. The number of ether oxygens (including phenoxy) is 2. The van der Waals surface area contributed by atoms with Gasteiger partial charge in [-0.2, -0.15) is 9.61 Å². The predicted octanol–water partition coefficient (Wildman–Crippen LogP) is 1.89. The van der Waals surface area contributed by atoms with Crippen LogP contribution in [0.4, 0.5) is 0 Å². The van der Waals surface area contributed by atoms with Crippen LogP contribution in [0.25, 0.3) is 15.5 Å². The minimum Gasteiger partial charge on any atom is -0.493 e. The number of aryl methyl sites for hydroxylation is 1. The molecule has 23 heavy (non-hydrogen) atoms.